The van der Waals surface area contributed by atoms with Crippen molar-refractivity contribution < 1.29 is 27.4 Å². The minimum atomic E-state index is -3.58. The first-order valence-corrected chi connectivity index (χ1v) is 13.0. The molecule has 1 atom stereocenters. The highest BCUT2D eigenvalue weighted by Gasteiger charge is 2.44. The van der Waals surface area contributed by atoms with Crippen LogP contribution >= 0.6 is 0 Å². The quantitative estimate of drug-likeness (QED) is 0.517. The van der Waals surface area contributed by atoms with Crippen LogP contribution in [0.5, 0.6) is 0 Å². The molecule has 1 N–H and O–H groups in total. The van der Waals surface area contributed by atoms with Gasteiger partial charge in [0.2, 0.25) is 5.91 Å². The molecule has 4 rings (SSSR count). The van der Waals surface area contributed by atoms with Gasteiger partial charge in [0.25, 0.3) is 10.2 Å². The molecule has 0 unspecified atom stereocenters. The molecule has 0 aromatic heterocycles. The van der Waals surface area contributed by atoms with Crippen LogP contribution in [-0.2, 0) is 29.2 Å². The number of rotatable bonds is 7. The van der Waals surface area contributed by atoms with Gasteiger partial charge in [0.05, 0.1) is 32.3 Å². The van der Waals surface area contributed by atoms with E-state index in [1.165, 1.54) is 8.61 Å². The largest absolute Gasteiger partial charge is 0.379 e. The molecule has 1 amide bonds. The maximum atomic E-state index is 13.2. The number of amides is 1. The Morgan fingerprint density at radius 3 is 2.39 bits per heavy atom. The Bertz CT molecular complexity index is 698. The number of hydrogen-bond donors (Lipinski definition) is 1. The molecule has 0 radical (unpaired) electrons. The van der Waals surface area contributed by atoms with Crippen molar-refractivity contribution in [2.24, 2.45) is 5.92 Å². The Kier molecular flexibility index (Phi) is 7.84. The second kappa shape index (κ2) is 10.4. The van der Waals surface area contributed by atoms with E-state index in [0.29, 0.717) is 58.7 Å². The predicted octanol–water partition coefficient (Wildman–Crippen LogP) is -0.379. The molecular weight excluding hydrogens is 424 g/mol. The molecule has 4 aliphatic heterocycles. The highest BCUT2D eigenvalue weighted by Crippen LogP contribution is 2.33. The summed E-state index contributed by atoms with van der Waals surface area (Å²) in [6, 6.07) is 0. The monoisotopic (exact) mass is 460 g/mol. The van der Waals surface area contributed by atoms with E-state index in [-0.39, 0.29) is 18.4 Å². The van der Waals surface area contributed by atoms with Gasteiger partial charge < -0.3 is 19.5 Å². The van der Waals surface area contributed by atoms with E-state index in [2.05, 4.69) is 10.2 Å². The van der Waals surface area contributed by atoms with E-state index in [0.717, 1.165) is 45.7 Å². The molecule has 0 aromatic rings. The third-order valence-electron chi connectivity index (χ3n) is 6.76. The summed E-state index contributed by atoms with van der Waals surface area (Å²) >= 11 is 0. The predicted molar refractivity (Wildman–Crippen MR) is 114 cm³/mol. The van der Waals surface area contributed by atoms with Gasteiger partial charge in [-0.2, -0.15) is 17.0 Å². The molecule has 4 saturated heterocycles. The lowest BCUT2D eigenvalue weighted by Gasteiger charge is -2.40. The Morgan fingerprint density at radius 2 is 1.68 bits per heavy atom. The molecule has 10 nitrogen and oxygen atoms in total. The summed E-state index contributed by atoms with van der Waals surface area (Å²) in [6.45, 7) is 7.64. The molecule has 4 heterocycles. The molecule has 0 saturated carbocycles. The van der Waals surface area contributed by atoms with Crippen LogP contribution in [0.25, 0.3) is 0 Å². The second-order valence-corrected chi connectivity index (χ2v) is 10.7. The molecule has 1 spiro atoms. The lowest BCUT2D eigenvalue weighted by atomic mass is 9.99. The average Bonchev–Trinajstić information content (AvgIpc) is 3.25. The first-order valence-electron chi connectivity index (χ1n) is 11.6. The van der Waals surface area contributed by atoms with E-state index in [1.54, 1.807) is 0 Å². The zero-order chi connectivity index (χ0) is 21.7. The smallest absolute Gasteiger partial charge is 0.282 e. The molecule has 0 bridgehead atoms. The fraction of sp³-hybridized carbons (Fsp3) is 0.950. The van der Waals surface area contributed by atoms with Crippen molar-refractivity contribution in [3.05, 3.63) is 0 Å². The summed E-state index contributed by atoms with van der Waals surface area (Å²) in [5.41, 5.74) is 0. The topological polar surface area (TPSA) is 101 Å². The van der Waals surface area contributed by atoms with E-state index in [4.69, 9.17) is 14.2 Å². The summed E-state index contributed by atoms with van der Waals surface area (Å²) in [4.78, 5) is 15.0. The molecule has 0 aliphatic carbocycles. The first kappa shape index (κ1) is 23.3. The van der Waals surface area contributed by atoms with Crippen molar-refractivity contribution >= 4 is 16.1 Å². The zero-order valence-corrected chi connectivity index (χ0v) is 19.1. The molecule has 31 heavy (non-hydrogen) atoms. The van der Waals surface area contributed by atoms with Gasteiger partial charge in [-0.1, -0.05) is 0 Å². The molecule has 0 aromatic carbocycles. The van der Waals surface area contributed by atoms with Crippen LogP contribution in [0.4, 0.5) is 0 Å². The van der Waals surface area contributed by atoms with Crippen LogP contribution in [0.3, 0.4) is 0 Å². The molecular formula is C20H36N4O6S. The normalized spacial score (nSPS) is 28.7. The van der Waals surface area contributed by atoms with Crippen LogP contribution < -0.4 is 5.32 Å². The fourth-order valence-corrected chi connectivity index (χ4v) is 6.55. The Morgan fingerprint density at radius 1 is 0.968 bits per heavy atom. The number of morpholine rings is 1. The van der Waals surface area contributed by atoms with Crippen molar-refractivity contribution in [1.82, 2.24) is 18.8 Å². The lowest BCUT2D eigenvalue weighted by molar-refractivity contribution is -0.179. The van der Waals surface area contributed by atoms with Crippen molar-refractivity contribution in [3.63, 3.8) is 0 Å². The van der Waals surface area contributed by atoms with Gasteiger partial charge in [-0.15, -0.1) is 0 Å². The fourth-order valence-electron chi connectivity index (χ4n) is 4.86. The van der Waals surface area contributed by atoms with Crippen LogP contribution in [0.2, 0.25) is 0 Å². The van der Waals surface area contributed by atoms with Gasteiger partial charge in [-0.25, -0.2) is 0 Å². The summed E-state index contributed by atoms with van der Waals surface area (Å²) in [5, 5.41) is 3.01. The summed E-state index contributed by atoms with van der Waals surface area (Å²) in [5.74, 6) is -0.922. The third-order valence-corrected chi connectivity index (χ3v) is 8.76. The Balaban J connectivity index is 1.22. The lowest BCUT2D eigenvalue weighted by Crippen LogP contribution is -2.54. The van der Waals surface area contributed by atoms with E-state index in [9.17, 15) is 13.2 Å². The van der Waals surface area contributed by atoms with Crippen LogP contribution in [0.1, 0.15) is 32.1 Å². The second-order valence-electron chi connectivity index (χ2n) is 8.81. The van der Waals surface area contributed by atoms with E-state index < -0.39 is 16.0 Å². The Hall–Kier alpha value is -0.820. The van der Waals surface area contributed by atoms with E-state index >= 15 is 0 Å². The van der Waals surface area contributed by atoms with Crippen molar-refractivity contribution in [2.75, 3.05) is 78.8 Å². The number of piperidine rings is 2. The first-order chi connectivity index (χ1) is 15.0. The molecule has 4 fully saturated rings. The highest BCUT2D eigenvalue weighted by atomic mass is 32.2. The molecule has 4 aliphatic rings. The van der Waals surface area contributed by atoms with Crippen LogP contribution in [0, 0.1) is 5.92 Å². The van der Waals surface area contributed by atoms with E-state index in [1.807, 2.05) is 0 Å². The van der Waals surface area contributed by atoms with Gasteiger partial charge in [-0.3, -0.25) is 9.69 Å². The Labute approximate surface area is 185 Å². The van der Waals surface area contributed by atoms with Gasteiger partial charge in [0.15, 0.2) is 5.79 Å². The zero-order valence-electron chi connectivity index (χ0n) is 18.3. The van der Waals surface area contributed by atoms with Gasteiger partial charge in [0.1, 0.15) is 0 Å². The number of nitrogens with zero attached hydrogens (tertiary/aromatic N) is 3. The van der Waals surface area contributed by atoms with Crippen LogP contribution in [-0.4, -0.2) is 112 Å². The minimum absolute atomic E-state index is 0.0350. The SMILES string of the molecule is O=C(NCCCN1CCOCC1)[C@H]1CCCN(S(=O)(=O)N2CCC3(CC2)OCCO3)C1. The number of carbonyl (C=O) groups is 1. The number of ether oxygens (including phenoxy) is 3. The van der Waals surface area contributed by atoms with Crippen LogP contribution in [0.15, 0.2) is 0 Å². The van der Waals surface area contributed by atoms with Crippen molar-refractivity contribution in [1.29, 1.82) is 0 Å². The third kappa shape index (κ3) is 5.76. The highest BCUT2D eigenvalue weighted by molar-refractivity contribution is 7.86. The van der Waals surface area contributed by atoms with Crippen molar-refractivity contribution in [3.8, 4) is 0 Å². The number of hydrogen-bond acceptors (Lipinski definition) is 7. The van der Waals surface area contributed by atoms with Gasteiger partial charge >= 0.3 is 0 Å². The minimum Gasteiger partial charge on any atom is -0.379 e. The number of carbonyl (C=O) groups excluding carboxylic acids is 1. The maximum absolute atomic E-state index is 13.2. The molecule has 178 valence electrons. The standard InChI is InChI=1S/C20H36N4O6S/c25-19(21-6-2-7-22-11-13-28-14-12-22)18-3-1-8-24(17-18)31(26,27)23-9-4-20(5-10-23)29-15-16-30-20/h18H,1-17H2,(H,21,25)/t18-/m0/s1. The van der Waals surface area contributed by atoms with Gasteiger partial charge in [0, 0.05) is 58.7 Å². The summed E-state index contributed by atoms with van der Waals surface area (Å²) < 4.78 is 46.1. The maximum Gasteiger partial charge on any atom is 0.282 e. The van der Waals surface area contributed by atoms with Gasteiger partial charge in [-0.05, 0) is 25.8 Å². The molecule has 11 heteroatoms. The average molecular weight is 461 g/mol. The summed E-state index contributed by atoms with van der Waals surface area (Å²) in [7, 11) is -3.58. The van der Waals surface area contributed by atoms with Crippen molar-refractivity contribution in [2.45, 2.75) is 37.9 Å². The summed E-state index contributed by atoms with van der Waals surface area (Å²) in [6.07, 6.45) is 3.42. The number of nitrogens with one attached hydrogen (secondary N) is 1.